The van der Waals surface area contributed by atoms with Gasteiger partial charge < -0.3 is 10.6 Å². The fraction of sp³-hybridized carbons (Fsp3) is 0.417. The zero-order chi connectivity index (χ0) is 10.5. The molecule has 1 aliphatic rings. The van der Waals surface area contributed by atoms with E-state index < -0.39 is 0 Å². The molecular weight excluding hydrogens is 186 g/mol. The van der Waals surface area contributed by atoms with Crippen LogP contribution in [0.25, 0.3) is 0 Å². The molecule has 2 rings (SSSR count). The summed E-state index contributed by atoms with van der Waals surface area (Å²) in [5.41, 5.74) is 2.65. The SMILES string of the molecule is Cc1ccccc1CNC1=NCCCN1. The van der Waals surface area contributed by atoms with E-state index in [-0.39, 0.29) is 0 Å². The van der Waals surface area contributed by atoms with Gasteiger partial charge in [0.25, 0.3) is 0 Å². The zero-order valence-electron chi connectivity index (χ0n) is 9.09. The van der Waals surface area contributed by atoms with Crippen LogP contribution in [0.4, 0.5) is 0 Å². The number of hydrogen-bond acceptors (Lipinski definition) is 3. The molecule has 0 amide bonds. The minimum atomic E-state index is 0.846. The van der Waals surface area contributed by atoms with Crippen LogP contribution in [0.1, 0.15) is 17.5 Å². The Labute approximate surface area is 90.6 Å². The van der Waals surface area contributed by atoms with Gasteiger partial charge in [-0.1, -0.05) is 24.3 Å². The van der Waals surface area contributed by atoms with Gasteiger partial charge in [-0.2, -0.15) is 0 Å². The average molecular weight is 203 g/mol. The van der Waals surface area contributed by atoms with E-state index in [9.17, 15) is 0 Å². The van der Waals surface area contributed by atoms with Crippen molar-refractivity contribution < 1.29 is 0 Å². The van der Waals surface area contributed by atoms with Crippen LogP contribution in [-0.4, -0.2) is 19.0 Å². The van der Waals surface area contributed by atoms with E-state index in [1.54, 1.807) is 0 Å². The standard InChI is InChI=1S/C12H17N3/c1-10-5-2-3-6-11(10)9-15-12-13-7-4-8-14-12/h2-3,5-6H,4,7-9H2,1H3,(H2,13,14,15). The Morgan fingerprint density at radius 1 is 1.40 bits per heavy atom. The molecule has 0 saturated heterocycles. The molecule has 0 aromatic heterocycles. The third-order valence-electron chi connectivity index (χ3n) is 2.60. The van der Waals surface area contributed by atoms with E-state index in [0.29, 0.717) is 0 Å². The van der Waals surface area contributed by atoms with Crippen molar-refractivity contribution in [3.05, 3.63) is 35.4 Å². The maximum absolute atomic E-state index is 4.37. The summed E-state index contributed by atoms with van der Waals surface area (Å²) in [4.78, 5) is 4.37. The first-order valence-corrected chi connectivity index (χ1v) is 5.43. The molecule has 15 heavy (non-hydrogen) atoms. The summed E-state index contributed by atoms with van der Waals surface area (Å²) in [7, 11) is 0. The lowest BCUT2D eigenvalue weighted by molar-refractivity contribution is 0.701. The van der Waals surface area contributed by atoms with E-state index in [2.05, 4.69) is 46.8 Å². The monoisotopic (exact) mass is 203 g/mol. The second-order valence-electron chi connectivity index (χ2n) is 3.79. The quantitative estimate of drug-likeness (QED) is 0.763. The number of hydrogen-bond donors (Lipinski definition) is 2. The molecule has 1 aromatic rings. The molecule has 1 aromatic carbocycles. The third-order valence-corrected chi connectivity index (χ3v) is 2.60. The molecule has 0 aliphatic carbocycles. The molecule has 3 nitrogen and oxygen atoms in total. The van der Waals surface area contributed by atoms with Crippen LogP contribution in [0.3, 0.4) is 0 Å². The Bertz CT molecular complexity index is 358. The van der Waals surface area contributed by atoms with E-state index in [4.69, 9.17) is 0 Å². The Kier molecular flexibility index (Phi) is 3.22. The molecule has 2 N–H and O–H groups in total. The molecule has 0 saturated carbocycles. The molecular formula is C12H17N3. The van der Waals surface area contributed by atoms with Gasteiger partial charge in [0, 0.05) is 19.6 Å². The highest BCUT2D eigenvalue weighted by atomic mass is 15.2. The van der Waals surface area contributed by atoms with Gasteiger partial charge in [-0.05, 0) is 24.5 Å². The lowest BCUT2D eigenvalue weighted by atomic mass is 10.1. The van der Waals surface area contributed by atoms with E-state index in [1.807, 2.05) is 0 Å². The lowest BCUT2D eigenvalue weighted by Crippen LogP contribution is -2.40. The van der Waals surface area contributed by atoms with Gasteiger partial charge in [0.15, 0.2) is 5.96 Å². The predicted octanol–water partition coefficient (Wildman–Crippen LogP) is 1.43. The summed E-state index contributed by atoms with van der Waals surface area (Å²) in [6.45, 7) is 4.94. The molecule has 3 heteroatoms. The first-order valence-electron chi connectivity index (χ1n) is 5.43. The molecule has 0 spiro atoms. The van der Waals surface area contributed by atoms with Gasteiger partial charge >= 0.3 is 0 Å². The number of benzene rings is 1. The first-order chi connectivity index (χ1) is 7.36. The lowest BCUT2D eigenvalue weighted by Gasteiger charge is -2.16. The van der Waals surface area contributed by atoms with Crippen molar-refractivity contribution in [3.8, 4) is 0 Å². The topological polar surface area (TPSA) is 36.4 Å². The summed E-state index contributed by atoms with van der Waals surface area (Å²) in [5.74, 6) is 0.935. The Morgan fingerprint density at radius 2 is 2.27 bits per heavy atom. The van der Waals surface area contributed by atoms with Gasteiger partial charge in [0.2, 0.25) is 0 Å². The van der Waals surface area contributed by atoms with Crippen molar-refractivity contribution in [2.75, 3.05) is 13.1 Å². The molecule has 0 bridgehead atoms. The highest BCUT2D eigenvalue weighted by molar-refractivity contribution is 5.80. The van der Waals surface area contributed by atoms with Crippen LogP contribution < -0.4 is 10.6 Å². The third kappa shape index (κ3) is 2.72. The second kappa shape index (κ2) is 4.82. The average Bonchev–Trinajstić information content (AvgIpc) is 2.29. The van der Waals surface area contributed by atoms with Crippen LogP contribution in [0.5, 0.6) is 0 Å². The van der Waals surface area contributed by atoms with Crippen LogP contribution in [0.15, 0.2) is 29.3 Å². The highest BCUT2D eigenvalue weighted by Crippen LogP contribution is 2.05. The van der Waals surface area contributed by atoms with E-state index >= 15 is 0 Å². The van der Waals surface area contributed by atoms with Crippen molar-refractivity contribution in [3.63, 3.8) is 0 Å². The number of aliphatic imine (C=N–C) groups is 1. The number of rotatable bonds is 2. The van der Waals surface area contributed by atoms with Gasteiger partial charge in [0.1, 0.15) is 0 Å². The van der Waals surface area contributed by atoms with Crippen molar-refractivity contribution in [2.45, 2.75) is 19.9 Å². The predicted molar refractivity (Wildman–Crippen MR) is 62.9 cm³/mol. The maximum Gasteiger partial charge on any atom is 0.191 e. The van der Waals surface area contributed by atoms with E-state index in [0.717, 1.165) is 32.0 Å². The van der Waals surface area contributed by atoms with Gasteiger partial charge in [-0.3, -0.25) is 4.99 Å². The fourth-order valence-electron chi connectivity index (χ4n) is 1.64. The Balaban J connectivity index is 1.93. The van der Waals surface area contributed by atoms with Crippen molar-refractivity contribution in [1.82, 2.24) is 10.6 Å². The molecule has 0 unspecified atom stereocenters. The minimum Gasteiger partial charge on any atom is -0.356 e. The summed E-state index contributed by atoms with van der Waals surface area (Å²) < 4.78 is 0. The normalized spacial score (nSPS) is 15.4. The van der Waals surface area contributed by atoms with E-state index in [1.165, 1.54) is 11.1 Å². The molecule has 0 atom stereocenters. The van der Waals surface area contributed by atoms with Crippen LogP contribution in [0, 0.1) is 6.92 Å². The van der Waals surface area contributed by atoms with Crippen molar-refractivity contribution >= 4 is 5.96 Å². The smallest absolute Gasteiger partial charge is 0.191 e. The van der Waals surface area contributed by atoms with Gasteiger partial charge in [-0.25, -0.2) is 0 Å². The number of guanidine groups is 1. The number of nitrogens with zero attached hydrogens (tertiary/aromatic N) is 1. The summed E-state index contributed by atoms with van der Waals surface area (Å²) >= 11 is 0. The summed E-state index contributed by atoms with van der Waals surface area (Å²) in [5, 5.41) is 6.57. The molecule has 1 aliphatic heterocycles. The fourth-order valence-corrected chi connectivity index (χ4v) is 1.64. The number of nitrogens with one attached hydrogen (secondary N) is 2. The Hall–Kier alpha value is -1.51. The maximum atomic E-state index is 4.37. The molecule has 80 valence electrons. The molecule has 1 heterocycles. The summed E-state index contributed by atoms with van der Waals surface area (Å²) in [6, 6.07) is 8.41. The van der Waals surface area contributed by atoms with Crippen molar-refractivity contribution in [2.24, 2.45) is 4.99 Å². The Morgan fingerprint density at radius 3 is 3.00 bits per heavy atom. The van der Waals surface area contributed by atoms with Crippen LogP contribution in [-0.2, 0) is 6.54 Å². The largest absolute Gasteiger partial charge is 0.356 e. The first kappa shape index (κ1) is 10.0. The second-order valence-corrected chi connectivity index (χ2v) is 3.79. The van der Waals surface area contributed by atoms with Crippen LogP contribution >= 0.6 is 0 Å². The van der Waals surface area contributed by atoms with Crippen LogP contribution in [0.2, 0.25) is 0 Å². The summed E-state index contributed by atoms with van der Waals surface area (Å²) in [6.07, 6.45) is 1.13. The van der Waals surface area contributed by atoms with Gasteiger partial charge in [0.05, 0.1) is 0 Å². The minimum absolute atomic E-state index is 0.846. The molecule has 0 radical (unpaired) electrons. The number of aryl methyl sites for hydroxylation is 1. The zero-order valence-corrected chi connectivity index (χ0v) is 9.09. The molecule has 0 fully saturated rings. The van der Waals surface area contributed by atoms with Gasteiger partial charge in [-0.15, -0.1) is 0 Å². The highest BCUT2D eigenvalue weighted by Gasteiger charge is 2.03. The van der Waals surface area contributed by atoms with Crippen molar-refractivity contribution in [1.29, 1.82) is 0 Å².